The molecule has 9 heteroatoms. The molecule has 0 aliphatic rings. The molecule has 0 fully saturated rings. The number of hydrogen-bond acceptors (Lipinski definition) is 4. The van der Waals surface area contributed by atoms with E-state index >= 15 is 0 Å². The van der Waals surface area contributed by atoms with E-state index < -0.39 is 22.5 Å². The summed E-state index contributed by atoms with van der Waals surface area (Å²) in [6.45, 7) is 1.43. The molecule has 6 nitrogen and oxygen atoms in total. The van der Waals surface area contributed by atoms with E-state index in [-0.39, 0.29) is 4.90 Å². The number of amides is 1. The van der Waals surface area contributed by atoms with E-state index in [9.17, 15) is 13.2 Å². The quantitative estimate of drug-likeness (QED) is 0.241. The van der Waals surface area contributed by atoms with Gasteiger partial charge >= 0.3 is 0 Å². The van der Waals surface area contributed by atoms with Gasteiger partial charge < -0.3 is 10.1 Å². The third kappa shape index (κ3) is 6.26. The Morgan fingerprint density at radius 2 is 1.56 bits per heavy atom. The summed E-state index contributed by atoms with van der Waals surface area (Å²) < 4.78 is 34.8. The molecule has 0 aromatic heterocycles. The van der Waals surface area contributed by atoms with Gasteiger partial charge in [-0.1, -0.05) is 47.5 Å². The normalized spacial score (nSPS) is 11.1. The van der Waals surface area contributed by atoms with Gasteiger partial charge in [-0.15, -0.1) is 0 Å². The highest BCUT2D eigenvalue weighted by atomic mass is 79.9. The number of carbonyl (C=O) groups is 1. The number of rotatable bonds is 8. The van der Waals surface area contributed by atoms with Crippen molar-refractivity contribution in [2.24, 2.45) is 0 Å². The van der Waals surface area contributed by atoms with Crippen LogP contribution >= 0.6 is 27.5 Å². The number of benzene rings is 4. The van der Waals surface area contributed by atoms with Gasteiger partial charge in [0.1, 0.15) is 18.0 Å². The molecule has 0 spiro atoms. The summed E-state index contributed by atoms with van der Waals surface area (Å²) in [6, 6.07) is 27.2. The number of carbonyl (C=O) groups excluding carboxylic acids is 1. The van der Waals surface area contributed by atoms with E-state index in [1.807, 2.05) is 37.3 Å². The highest BCUT2D eigenvalue weighted by Gasteiger charge is 2.27. The Balaban J connectivity index is 1.62. The Bertz CT molecular complexity index is 1460. The van der Waals surface area contributed by atoms with E-state index in [2.05, 4.69) is 21.2 Å². The van der Waals surface area contributed by atoms with Crippen molar-refractivity contribution in [2.45, 2.75) is 11.8 Å². The molecule has 184 valence electrons. The molecule has 0 radical (unpaired) electrons. The topological polar surface area (TPSA) is 75.7 Å². The second kappa shape index (κ2) is 11.2. The van der Waals surface area contributed by atoms with Gasteiger partial charge in [0.25, 0.3) is 10.0 Å². The molecule has 4 rings (SSSR count). The van der Waals surface area contributed by atoms with Crippen LogP contribution in [0, 0.1) is 6.92 Å². The lowest BCUT2D eigenvalue weighted by Crippen LogP contribution is -2.38. The minimum absolute atomic E-state index is 0.0807. The molecule has 4 aromatic rings. The molecule has 4 aromatic carbocycles. The maximum absolute atomic E-state index is 13.6. The number of sulfonamides is 1. The largest absolute Gasteiger partial charge is 0.457 e. The highest BCUT2D eigenvalue weighted by molar-refractivity contribution is 9.10. The van der Waals surface area contributed by atoms with E-state index in [0.717, 1.165) is 9.87 Å². The summed E-state index contributed by atoms with van der Waals surface area (Å²) in [5.74, 6) is 0.669. The van der Waals surface area contributed by atoms with Crippen LogP contribution < -0.4 is 14.4 Å². The van der Waals surface area contributed by atoms with Gasteiger partial charge in [-0.05, 0) is 89.6 Å². The molecule has 0 heterocycles. The number of ether oxygens (including phenoxy) is 1. The Hall–Kier alpha value is -3.33. The second-order valence-electron chi connectivity index (χ2n) is 7.91. The number of anilines is 2. The average molecular weight is 586 g/mol. The van der Waals surface area contributed by atoms with E-state index in [1.165, 1.54) is 12.1 Å². The first-order chi connectivity index (χ1) is 17.2. The lowest BCUT2D eigenvalue weighted by atomic mass is 10.2. The minimum Gasteiger partial charge on any atom is -0.457 e. The molecule has 0 saturated carbocycles. The van der Waals surface area contributed by atoms with Gasteiger partial charge in [0.15, 0.2) is 0 Å². The maximum atomic E-state index is 13.6. The van der Waals surface area contributed by atoms with Crippen LogP contribution in [0.25, 0.3) is 0 Å². The maximum Gasteiger partial charge on any atom is 0.264 e. The van der Waals surface area contributed by atoms with Crippen LogP contribution in [0.1, 0.15) is 5.56 Å². The molecule has 0 aliphatic carbocycles. The summed E-state index contributed by atoms with van der Waals surface area (Å²) >= 11 is 9.43. The van der Waals surface area contributed by atoms with Crippen molar-refractivity contribution >= 4 is 54.8 Å². The summed E-state index contributed by atoms with van der Waals surface area (Å²) in [6.07, 6.45) is 0. The Kier molecular flexibility index (Phi) is 7.98. The number of aryl methyl sites for hydroxylation is 1. The zero-order chi connectivity index (χ0) is 25.7. The zero-order valence-electron chi connectivity index (χ0n) is 19.2. The van der Waals surface area contributed by atoms with Crippen LogP contribution in [0.2, 0.25) is 5.02 Å². The number of nitrogens with zero attached hydrogens (tertiary/aromatic N) is 1. The summed E-state index contributed by atoms with van der Waals surface area (Å²) in [5, 5.41) is 3.13. The summed E-state index contributed by atoms with van der Waals surface area (Å²) in [4.78, 5) is 13.0. The minimum atomic E-state index is -4.05. The number of nitrogens with one attached hydrogen (secondary N) is 1. The molecular formula is C27H22BrClN2O4S. The molecule has 1 amide bonds. The Labute approximate surface area is 223 Å². The van der Waals surface area contributed by atoms with Gasteiger partial charge in [-0.25, -0.2) is 8.42 Å². The Morgan fingerprint density at radius 3 is 2.19 bits per heavy atom. The standard InChI is InChI=1S/C27H22BrClN2O4S/c1-19-7-14-24(15-8-19)36(33,34)31(18-27(32)30-20-9-16-25(28)26(29)17-20)21-10-12-23(13-11-21)35-22-5-3-2-4-6-22/h2-17H,18H2,1H3,(H,30,32). The van der Waals surface area contributed by atoms with Crippen LogP contribution in [0.4, 0.5) is 11.4 Å². The predicted molar refractivity (Wildman–Crippen MR) is 146 cm³/mol. The molecule has 1 N–H and O–H groups in total. The van der Waals surface area contributed by atoms with Crippen molar-refractivity contribution in [3.05, 3.63) is 112 Å². The molecule has 0 saturated heterocycles. The van der Waals surface area contributed by atoms with Crippen LogP contribution in [-0.4, -0.2) is 20.9 Å². The van der Waals surface area contributed by atoms with E-state index in [4.69, 9.17) is 16.3 Å². The van der Waals surface area contributed by atoms with Gasteiger partial charge in [-0.3, -0.25) is 9.10 Å². The van der Waals surface area contributed by atoms with Crippen molar-refractivity contribution in [2.75, 3.05) is 16.2 Å². The molecule has 0 aliphatic heterocycles. The van der Waals surface area contributed by atoms with Crippen molar-refractivity contribution in [1.29, 1.82) is 0 Å². The van der Waals surface area contributed by atoms with Gasteiger partial charge in [-0.2, -0.15) is 0 Å². The van der Waals surface area contributed by atoms with Crippen molar-refractivity contribution in [3.8, 4) is 11.5 Å². The molecule has 0 bridgehead atoms. The number of para-hydroxylation sites is 1. The SMILES string of the molecule is Cc1ccc(S(=O)(=O)N(CC(=O)Nc2ccc(Br)c(Cl)c2)c2ccc(Oc3ccccc3)cc2)cc1. The summed E-state index contributed by atoms with van der Waals surface area (Å²) in [5.41, 5.74) is 1.69. The van der Waals surface area contributed by atoms with E-state index in [1.54, 1.807) is 54.6 Å². The molecular weight excluding hydrogens is 564 g/mol. The smallest absolute Gasteiger partial charge is 0.264 e. The monoisotopic (exact) mass is 584 g/mol. The van der Waals surface area contributed by atoms with Crippen molar-refractivity contribution in [1.82, 2.24) is 0 Å². The Morgan fingerprint density at radius 1 is 0.917 bits per heavy atom. The highest BCUT2D eigenvalue weighted by Crippen LogP contribution is 2.29. The third-order valence-corrected chi connectivity index (χ3v) is 8.22. The zero-order valence-corrected chi connectivity index (χ0v) is 22.3. The fourth-order valence-electron chi connectivity index (χ4n) is 3.36. The van der Waals surface area contributed by atoms with Crippen LogP contribution in [-0.2, 0) is 14.8 Å². The second-order valence-corrected chi connectivity index (χ2v) is 11.0. The molecule has 36 heavy (non-hydrogen) atoms. The first-order valence-corrected chi connectivity index (χ1v) is 13.5. The first kappa shape index (κ1) is 25.8. The van der Waals surface area contributed by atoms with Crippen LogP contribution in [0.5, 0.6) is 11.5 Å². The fourth-order valence-corrected chi connectivity index (χ4v) is 5.21. The lowest BCUT2D eigenvalue weighted by Gasteiger charge is -2.24. The van der Waals surface area contributed by atoms with Crippen molar-refractivity contribution < 1.29 is 17.9 Å². The van der Waals surface area contributed by atoms with Gasteiger partial charge in [0, 0.05) is 10.2 Å². The lowest BCUT2D eigenvalue weighted by molar-refractivity contribution is -0.114. The number of hydrogen-bond donors (Lipinski definition) is 1. The van der Waals surface area contributed by atoms with Gasteiger partial charge in [0.2, 0.25) is 5.91 Å². The predicted octanol–water partition coefficient (Wildman–Crippen LogP) is 7.04. The van der Waals surface area contributed by atoms with Crippen molar-refractivity contribution in [3.63, 3.8) is 0 Å². The third-order valence-electron chi connectivity index (χ3n) is 5.20. The fraction of sp³-hybridized carbons (Fsp3) is 0.0741. The van der Waals surface area contributed by atoms with E-state index in [0.29, 0.717) is 32.4 Å². The molecule has 0 unspecified atom stereocenters. The number of halogens is 2. The van der Waals surface area contributed by atoms with Gasteiger partial charge in [0.05, 0.1) is 15.6 Å². The molecule has 0 atom stereocenters. The summed E-state index contributed by atoms with van der Waals surface area (Å²) in [7, 11) is -4.05. The van der Waals surface area contributed by atoms with Crippen LogP contribution in [0.3, 0.4) is 0 Å². The van der Waals surface area contributed by atoms with Crippen LogP contribution in [0.15, 0.2) is 106 Å². The average Bonchev–Trinajstić information content (AvgIpc) is 2.86. The first-order valence-electron chi connectivity index (χ1n) is 10.9.